The molecule has 1 fully saturated rings. The number of hydrogen-bond donors (Lipinski definition) is 1. The minimum Gasteiger partial charge on any atom is -0.393 e. The van der Waals surface area contributed by atoms with Gasteiger partial charge in [0, 0.05) is 13.1 Å². The largest absolute Gasteiger partial charge is 0.393 e. The first-order valence-electron chi connectivity index (χ1n) is 6.20. The van der Waals surface area contributed by atoms with Gasteiger partial charge in [0.1, 0.15) is 25.1 Å². The van der Waals surface area contributed by atoms with Crippen molar-refractivity contribution >= 4 is 17.3 Å². The molecule has 20 heavy (non-hydrogen) atoms. The molecule has 0 atom stereocenters. The summed E-state index contributed by atoms with van der Waals surface area (Å²) in [5.41, 5.74) is 6.50. The third-order valence-electron chi connectivity index (χ3n) is 2.98. The van der Waals surface area contributed by atoms with Gasteiger partial charge in [-0.15, -0.1) is 0 Å². The van der Waals surface area contributed by atoms with Gasteiger partial charge in [-0.25, -0.2) is 9.97 Å². The number of nitrogens with two attached hydrogens (primary N) is 1. The maximum absolute atomic E-state index is 8.82. The Hall–Kier alpha value is -2.58. The molecule has 0 saturated carbocycles. The van der Waals surface area contributed by atoms with Crippen LogP contribution in [0.1, 0.15) is 0 Å². The van der Waals surface area contributed by atoms with E-state index in [1.165, 1.54) is 11.2 Å². The second kappa shape index (κ2) is 6.55. The smallest absolute Gasteiger partial charge is 0.159 e. The van der Waals surface area contributed by atoms with Gasteiger partial charge in [0.25, 0.3) is 0 Å². The van der Waals surface area contributed by atoms with E-state index in [1.54, 1.807) is 0 Å². The molecule has 1 aromatic rings. The fourth-order valence-corrected chi connectivity index (χ4v) is 2.03. The highest BCUT2D eigenvalue weighted by Crippen LogP contribution is 2.29. The summed E-state index contributed by atoms with van der Waals surface area (Å²) < 4.78 is 5.29. The number of morpholine rings is 1. The molecule has 2 N–H and O–H groups in total. The van der Waals surface area contributed by atoms with Crippen LogP contribution in [0.3, 0.4) is 0 Å². The van der Waals surface area contributed by atoms with Gasteiger partial charge in [0.05, 0.1) is 25.4 Å². The van der Waals surface area contributed by atoms with Gasteiger partial charge in [-0.1, -0.05) is 0 Å². The molecule has 2 heterocycles. The third-order valence-corrected chi connectivity index (χ3v) is 2.98. The maximum Gasteiger partial charge on any atom is 0.159 e. The lowest BCUT2D eigenvalue weighted by atomic mass is 10.3. The first-order chi connectivity index (χ1) is 9.77. The summed E-state index contributed by atoms with van der Waals surface area (Å²) in [5.74, 6) is 1.05. The number of nitriles is 2. The summed E-state index contributed by atoms with van der Waals surface area (Å²) in [6.07, 6.45) is 1.40. The summed E-state index contributed by atoms with van der Waals surface area (Å²) in [5, 5.41) is 17.6. The minimum atomic E-state index is 0.0529. The molecule has 0 bridgehead atoms. The number of nitrogens with zero attached hydrogens (tertiary/aromatic N) is 6. The van der Waals surface area contributed by atoms with E-state index in [2.05, 4.69) is 9.97 Å². The second-order valence-electron chi connectivity index (χ2n) is 4.21. The van der Waals surface area contributed by atoms with Crippen LogP contribution in [-0.2, 0) is 4.74 Å². The van der Waals surface area contributed by atoms with Crippen molar-refractivity contribution in [2.75, 3.05) is 54.9 Å². The van der Waals surface area contributed by atoms with E-state index in [4.69, 9.17) is 21.0 Å². The van der Waals surface area contributed by atoms with Gasteiger partial charge in [-0.2, -0.15) is 10.5 Å². The molecule has 0 amide bonds. The van der Waals surface area contributed by atoms with Crippen LogP contribution in [0.15, 0.2) is 6.33 Å². The van der Waals surface area contributed by atoms with Gasteiger partial charge in [-0.3, -0.25) is 0 Å². The van der Waals surface area contributed by atoms with E-state index < -0.39 is 0 Å². The Bertz CT molecular complexity index is 526. The Morgan fingerprint density at radius 2 is 1.90 bits per heavy atom. The number of rotatable bonds is 4. The van der Waals surface area contributed by atoms with Crippen molar-refractivity contribution in [2.45, 2.75) is 0 Å². The summed E-state index contributed by atoms with van der Waals surface area (Å²) >= 11 is 0. The average Bonchev–Trinajstić information content (AvgIpc) is 2.48. The summed E-state index contributed by atoms with van der Waals surface area (Å²) in [6, 6.07) is 4.01. The number of hydrogen-bond acceptors (Lipinski definition) is 8. The van der Waals surface area contributed by atoms with Gasteiger partial charge in [-0.05, 0) is 0 Å². The van der Waals surface area contributed by atoms with Crippen molar-refractivity contribution < 1.29 is 4.74 Å². The van der Waals surface area contributed by atoms with Crippen LogP contribution in [-0.4, -0.2) is 49.4 Å². The monoisotopic (exact) mass is 273 g/mol. The van der Waals surface area contributed by atoms with Crippen LogP contribution in [0.2, 0.25) is 0 Å². The van der Waals surface area contributed by atoms with Crippen molar-refractivity contribution in [1.82, 2.24) is 9.97 Å². The van der Waals surface area contributed by atoms with Crippen LogP contribution in [0.4, 0.5) is 17.3 Å². The maximum atomic E-state index is 8.82. The molecule has 0 aliphatic carbocycles. The van der Waals surface area contributed by atoms with Crippen molar-refractivity contribution in [1.29, 1.82) is 10.5 Å². The third kappa shape index (κ3) is 2.87. The predicted molar refractivity (Wildman–Crippen MR) is 72.9 cm³/mol. The average molecular weight is 273 g/mol. The molecule has 104 valence electrons. The molecule has 8 heteroatoms. The molecule has 2 rings (SSSR count). The van der Waals surface area contributed by atoms with E-state index in [0.717, 1.165) is 0 Å². The van der Waals surface area contributed by atoms with E-state index >= 15 is 0 Å². The molecule has 1 aromatic heterocycles. The van der Waals surface area contributed by atoms with Crippen molar-refractivity contribution in [2.24, 2.45) is 0 Å². The number of aromatic nitrogens is 2. The fraction of sp³-hybridized carbons (Fsp3) is 0.500. The van der Waals surface area contributed by atoms with E-state index in [-0.39, 0.29) is 13.1 Å². The highest BCUT2D eigenvalue weighted by Gasteiger charge is 2.20. The van der Waals surface area contributed by atoms with Gasteiger partial charge in [0.2, 0.25) is 0 Å². The molecule has 8 nitrogen and oxygen atoms in total. The summed E-state index contributed by atoms with van der Waals surface area (Å²) in [4.78, 5) is 11.9. The first-order valence-corrected chi connectivity index (χ1v) is 6.20. The number of nitrogen functional groups attached to an aromatic ring is 1. The van der Waals surface area contributed by atoms with Crippen LogP contribution in [0.5, 0.6) is 0 Å². The predicted octanol–water partition coefficient (Wildman–Crippen LogP) is -0.251. The normalized spacial score (nSPS) is 14.4. The Kier molecular flexibility index (Phi) is 4.53. The summed E-state index contributed by atoms with van der Waals surface area (Å²) in [6.45, 7) is 2.76. The van der Waals surface area contributed by atoms with Crippen LogP contribution < -0.4 is 15.5 Å². The second-order valence-corrected chi connectivity index (χ2v) is 4.21. The molecule has 1 saturated heterocycles. The Labute approximate surface area is 117 Å². The minimum absolute atomic E-state index is 0.0529. The van der Waals surface area contributed by atoms with Gasteiger partial charge >= 0.3 is 0 Å². The molecule has 0 radical (unpaired) electrons. The molecule has 1 aliphatic rings. The lowest BCUT2D eigenvalue weighted by molar-refractivity contribution is 0.122. The SMILES string of the molecule is N#CCN(CC#N)c1ncnc(N2CCOCC2)c1N. The zero-order valence-corrected chi connectivity index (χ0v) is 11.0. The van der Waals surface area contributed by atoms with Gasteiger partial charge in [0.15, 0.2) is 11.6 Å². The number of anilines is 3. The van der Waals surface area contributed by atoms with Crippen LogP contribution in [0, 0.1) is 22.7 Å². The van der Waals surface area contributed by atoms with Crippen molar-refractivity contribution in [3.05, 3.63) is 6.33 Å². The summed E-state index contributed by atoms with van der Waals surface area (Å²) in [7, 11) is 0. The molecule has 0 spiro atoms. The molecule has 0 aromatic carbocycles. The van der Waals surface area contributed by atoms with Crippen molar-refractivity contribution in [3.63, 3.8) is 0 Å². The topological polar surface area (TPSA) is 115 Å². The van der Waals surface area contributed by atoms with E-state index in [9.17, 15) is 0 Å². The van der Waals surface area contributed by atoms with E-state index in [1.807, 2.05) is 17.0 Å². The lowest BCUT2D eigenvalue weighted by Gasteiger charge is -2.30. The lowest BCUT2D eigenvalue weighted by Crippen LogP contribution is -2.37. The quantitative estimate of drug-likeness (QED) is 0.746. The van der Waals surface area contributed by atoms with E-state index in [0.29, 0.717) is 43.6 Å². The molecule has 0 unspecified atom stereocenters. The van der Waals surface area contributed by atoms with Crippen LogP contribution in [0.25, 0.3) is 0 Å². The Morgan fingerprint density at radius 1 is 1.25 bits per heavy atom. The molecule has 1 aliphatic heterocycles. The zero-order chi connectivity index (χ0) is 14.4. The first kappa shape index (κ1) is 13.8. The number of ether oxygens (including phenoxy) is 1. The van der Waals surface area contributed by atoms with Crippen LogP contribution >= 0.6 is 0 Å². The Morgan fingerprint density at radius 3 is 2.50 bits per heavy atom. The van der Waals surface area contributed by atoms with Gasteiger partial charge < -0.3 is 20.3 Å². The Balaban J connectivity index is 2.30. The zero-order valence-electron chi connectivity index (χ0n) is 11.0. The standard InChI is InChI=1S/C12H15N7O/c13-1-3-18(4-2-14)11-10(15)12(17-9-16-11)19-5-7-20-8-6-19/h9H,3-8,15H2. The molecular formula is C12H15N7O. The highest BCUT2D eigenvalue weighted by molar-refractivity contribution is 5.76. The highest BCUT2D eigenvalue weighted by atomic mass is 16.5. The fourth-order valence-electron chi connectivity index (χ4n) is 2.03. The van der Waals surface area contributed by atoms with Crippen molar-refractivity contribution in [3.8, 4) is 12.1 Å². The molecular weight excluding hydrogens is 258 g/mol.